The molecule has 31 heavy (non-hydrogen) atoms. The van der Waals surface area contributed by atoms with E-state index in [4.69, 9.17) is 9.72 Å². The average Bonchev–Trinajstić information content (AvgIpc) is 3.16. The summed E-state index contributed by atoms with van der Waals surface area (Å²) in [6, 6.07) is 12.3. The second-order valence-corrected chi connectivity index (χ2v) is 9.99. The quantitative estimate of drug-likeness (QED) is 0.458. The summed E-state index contributed by atoms with van der Waals surface area (Å²) in [5.74, 6) is 0.104. The van der Waals surface area contributed by atoms with Gasteiger partial charge in [-0.05, 0) is 49.6 Å². The molecule has 4 rings (SSSR count). The lowest BCUT2D eigenvalue weighted by molar-refractivity contribution is -0.118. The zero-order valence-electron chi connectivity index (χ0n) is 18.1. The van der Waals surface area contributed by atoms with Gasteiger partial charge in [0.05, 0.1) is 29.9 Å². The highest BCUT2D eigenvalue weighted by molar-refractivity contribution is 9.10. The van der Waals surface area contributed by atoms with Crippen LogP contribution in [0.3, 0.4) is 0 Å². The van der Waals surface area contributed by atoms with E-state index in [-0.39, 0.29) is 5.91 Å². The molecular formula is C24H28BrN3O2S. The molecule has 3 aromatic rings. The standard InChI is InChI=1S/C24H28BrN3O2S/c1-17-4-5-19(18(2)14-17)15-23(29)28(9-3-8-27-10-12-30-13-11-27)24-26-21-7-6-20(25)16-22(21)31-24/h4-7,14,16H,3,8-13,15H2,1-2H3. The number of carbonyl (C=O) groups excluding carboxylic acids is 1. The molecule has 2 aromatic carbocycles. The minimum atomic E-state index is 0.104. The third-order valence-electron chi connectivity index (χ3n) is 5.67. The minimum absolute atomic E-state index is 0.104. The number of halogens is 1. The molecule has 0 N–H and O–H groups in total. The lowest BCUT2D eigenvalue weighted by Crippen LogP contribution is -2.39. The fourth-order valence-corrected chi connectivity index (χ4v) is 5.47. The number of morpholine rings is 1. The Morgan fingerprint density at radius 2 is 2.00 bits per heavy atom. The molecule has 7 heteroatoms. The minimum Gasteiger partial charge on any atom is -0.379 e. The van der Waals surface area contributed by atoms with Gasteiger partial charge in [0.25, 0.3) is 0 Å². The zero-order valence-corrected chi connectivity index (χ0v) is 20.5. The van der Waals surface area contributed by atoms with E-state index in [0.29, 0.717) is 13.0 Å². The van der Waals surface area contributed by atoms with Gasteiger partial charge in [0, 0.05) is 30.7 Å². The number of aryl methyl sites for hydroxylation is 2. The second-order valence-electron chi connectivity index (χ2n) is 8.07. The molecule has 164 valence electrons. The van der Waals surface area contributed by atoms with E-state index < -0.39 is 0 Å². The van der Waals surface area contributed by atoms with Crippen LogP contribution in [0.2, 0.25) is 0 Å². The second kappa shape index (κ2) is 10.2. The van der Waals surface area contributed by atoms with E-state index >= 15 is 0 Å². The zero-order chi connectivity index (χ0) is 21.8. The largest absolute Gasteiger partial charge is 0.379 e. The number of hydrogen-bond acceptors (Lipinski definition) is 5. The molecule has 1 saturated heterocycles. The van der Waals surface area contributed by atoms with Crippen LogP contribution < -0.4 is 4.90 Å². The molecule has 1 aliphatic heterocycles. The highest BCUT2D eigenvalue weighted by Gasteiger charge is 2.21. The monoisotopic (exact) mass is 501 g/mol. The van der Waals surface area contributed by atoms with Gasteiger partial charge in [-0.2, -0.15) is 0 Å². The maximum Gasteiger partial charge on any atom is 0.233 e. The van der Waals surface area contributed by atoms with E-state index in [2.05, 4.69) is 58.9 Å². The van der Waals surface area contributed by atoms with Crippen molar-refractivity contribution in [2.24, 2.45) is 0 Å². The van der Waals surface area contributed by atoms with Crippen molar-refractivity contribution >= 4 is 48.5 Å². The van der Waals surface area contributed by atoms with E-state index in [1.807, 2.05) is 17.0 Å². The molecule has 0 atom stereocenters. The maximum absolute atomic E-state index is 13.4. The summed E-state index contributed by atoms with van der Waals surface area (Å²) in [5, 5.41) is 0.782. The number of thiazole rings is 1. The Morgan fingerprint density at radius 3 is 2.77 bits per heavy atom. The Hall–Kier alpha value is -1.80. The molecule has 1 fully saturated rings. The van der Waals surface area contributed by atoms with Gasteiger partial charge in [-0.1, -0.05) is 51.0 Å². The molecule has 1 aliphatic rings. The number of carbonyl (C=O) groups is 1. The lowest BCUT2D eigenvalue weighted by Gasteiger charge is -2.27. The predicted octanol–water partition coefficient (Wildman–Crippen LogP) is 4.97. The molecule has 0 bridgehead atoms. The summed E-state index contributed by atoms with van der Waals surface area (Å²) in [4.78, 5) is 22.5. The molecule has 5 nitrogen and oxygen atoms in total. The van der Waals surface area contributed by atoms with Gasteiger partial charge < -0.3 is 4.74 Å². The Labute approximate surface area is 196 Å². The fraction of sp³-hybridized carbons (Fsp3) is 0.417. The van der Waals surface area contributed by atoms with Gasteiger partial charge in [0.1, 0.15) is 0 Å². The highest BCUT2D eigenvalue weighted by Crippen LogP contribution is 2.31. The number of anilines is 1. The smallest absolute Gasteiger partial charge is 0.233 e. The molecule has 0 spiro atoms. The van der Waals surface area contributed by atoms with Gasteiger partial charge >= 0.3 is 0 Å². The molecule has 2 heterocycles. The van der Waals surface area contributed by atoms with Crippen molar-refractivity contribution in [1.82, 2.24) is 9.88 Å². The van der Waals surface area contributed by atoms with Crippen LogP contribution in [-0.4, -0.2) is 55.2 Å². The van der Waals surface area contributed by atoms with Crippen molar-refractivity contribution in [3.63, 3.8) is 0 Å². The molecular weight excluding hydrogens is 474 g/mol. The Balaban J connectivity index is 1.53. The van der Waals surface area contributed by atoms with E-state index in [1.165, 1.54) is 5.56 Å². The van der Waals surface area contributed by atoms with Crippen molar-refractivity contribution in [3.8, 4) is 0 Å². The summed E-state index contributed by atoms with van der Waals surface area (Å²) in [5.41, 5.74) is 4.39. The van der Waals surface area contributed by atoms with Crippen molar-refractivity contribution in [3.05, 3.63) is 57.6 Å². The highest BCUT2D eigenvalue weighted by atomic mass is 79.9. The summed E-state index contributed by atoms with van der Waals surface area (Å²) < 4.78 is 7.55. The number of hydrogen-bond donors (Lipinski definition) is 0. The summed E-state index contributed by atoms with van der Waals surface area (Å²) in [6.07, 6.45) is 1.31. The summed E-state index contributed by atoms with van der Waals surface area (Å²) >= 11 is 5.12. The Morgan fingerprint density at radius 1 is 1.19 bits per heavy atom. The first-order valence-corrected chi connectivity index (χ1v) is 12.3. The van der Waals surface area contributed by atoms with Gasteiger partial charge in [-0.25, -0.2) is 4.98 Å². The third kappa shape index (κ3) is 5.71. The van der Waals surface area contributed by atoms with Crippen LogP contribution in [0.15, 0.2) is 40.9 Å². The Kier molecular flexibility index (Phi) is 7.38. The van der Waals surface area contributed by atoms with Crippen LogP contribution in [0.1, 0.15) is 23.1 Å². The van der Waals surface area contributed by atoms with Crippen LogP contribution in [0.4, 0.5) is 5.13 Å². The van der Waals surface area contributed by atoms with Crippen molar-refractivity contribution in [2.75, 3.05) is 44.3 Å². The van der Waals surface area contributed by atoms with Gasteiger partial charge in [-0.3, -0.25) is 14.6 Å². The predicted molar refractivity (Wildman–Crippen MR) is 131 cm³/mol. The topological polar surface area (TPSA) is 45.7 Å². The van der Waals surface area contributed by atoms with Crippen molar-refractivity contribution in [1.29, 1.82) is 0 Å². The SMILES string of the molecule is Cc1ccc(CC(=O)N(CCCN2CCOCC2)c2nc3ccc(Br)cc3s2)c(C)c1. The van der Waals surface area contributed by atoms with Crippen LogP contribution in [0, 0.1) is 13.8 Å². The maximum atomic E-state index is 13.4. The van der Waals surface area contributed by atoms with Gasteiger partial charge in [0.2, 0.25) is 5.91 Å². The number of rotatable bonds is 7. The van der Waals surface area contributed by atoms with Crippen LogP contribution in [0.25, 0.3) is 10.2 Å². The number of fused-ring (bicyclic) bond motifs is 1. The van der Waals surface area contributed by atoms with Gasteiger partial charge in [-0.15, -0.1) is 0 Å². The number of amides is 1. The average molecular weight is 502 g/mol. The molecule has 0 saturated carbocycles. The van der Waals surface area contributed by atoms with E-state index in [0.717, 1.165) is 70.2 Å². The first kappa shape index (κ1) is 22.4. The van der Waals surface area contributed by atoms with Crippen molar-refractivity contribution in [2.45, 2.75) is 26.7 Å². The van der Waals surface area contributed by atoms with E-state index in [1.54, 1.807) is 11.3 Å². The third-order valence-corrected chi connectivity index (χ3v) is 7.21. The lowest BCUT2D eigenvalue weighted by atomic mass is 10.0. The number of benzene rings is 2. The molecule has 0 unspecified atom stereocenters. The van der Waals surface area contributed by atoms with Crippen LogP contribution in [-0.2, 0) is 16.0 Å². The summed E-state index contributed by atoms with van der Waals surface area (Å²) in [7, 11) is 0. The first-order chi connectivity index (χ1) is 15.0. The summed E-state index contributed by atoms with van der Waals surface area (Å²) in [6.45, 7) is 9.31. The van der Waals surface area contributed by atoms with Crippen molar-refractivity contribution < 1.29 is 9.53 Å². The van der Waals surface area contributed by atoms with Crippen LogP contribution >= 0.6 is 27.3 Å². The Bertz CT molecular complexity index is 1060. The first-order valence-electron chi connectivity index (χ1n) is 10.7. The number of nitrogens with zero attached hydrogens (tertiary/aromatic N) is 3. The molecule has 1 aromatic heterocycles. The molecule has 0 radical (unpaired) electrons. The van der Waals surface area contributed by atoms with E-state index in [9.17, 15) is 4.79 Å². The number of ether oxygens (including phenoxy) is 1. The molecule has 0 aliphatic carbocycles. The normalized spacial score (nSPS) is 14.8. The van der Waals surface area contributed by atoms with Crippen LogP contribution in [0.5, 0.6) is 0 Å². The van der Waals surface area contributed by atoms with Gasteiger partial charge in [0.15, 0.2) is 5.13 Å². The molecule has 1 amide bonds. The fourth-order valence-electron chi connectivity index (χ4n) is 3.91. The number of aromatic nitrogens is 1.